The van der Waals surface area contributed by atoms with Gasteiger partial charge in [0, 0.05) is 36.4 Å². The molecule has 0 bridgehead atoms. The molecule has 0 radical (unpaired) electrons. The maximum absolute atomic E-state index is 13.1. The van der Waals surface area contributed by atoms with Crippen molar-refractivity contribution in [2.45, 2.75) is 38.3 Å². The van der Waals surface area contributed by atoms with Crippen LogP contribution < -0.4 is 21.5 Å². The molecule has 2 saturated heterocycles. The van der Waals surface area contributed by atoms with E-state index < -0.39 is 0 Å². The standard InChI is InChI=1S/C24H30ClN5O2/c1-16-7-9-20(10-8-16)27-24(32)26-14-17-4-3-11-30(15-17)23(31)22-13-21(28-29-22)18-5-2-6-19(25)12-18/h2,5-10,12,17,21-22,28-29H,3-4,11,13-15H2,1H3,(H2,26,27,32). The van der Waals surface area contributed by atoms with Gasteiger partial charge >= 0.3 is 6.03 Å². The van der Waals surface area contributed by atoms with Crippen LogP contribution >= 0.6 is 11.6 Å². The zero-order valence-corrected chi connectivity index (χ0v) is 19.0. The maximum Gasteiger partial charge on any atom is 0.319 e. The van der Waals surface area contributed by atoms with Gasteiger partial charge in [0.2, 0.25) is 5.91 Å². The number of nitrogens with zero attached hydrogens (tertiary/aromatic N) is 1. The number of aryl methyl sites for hydroxylation is 1. The minimum atomic E-state index is -0.268. The SMILES string of the molecule is Cc1ccc(NC(=O)NCC2CCCN(C(=O)C3CC(c4cccc(Cl)c4)NN3)C2)cc1. The molecule has 2 aromatic carbocycles. The number of hydrazine groups is 1. The lowest BCUT2D eigenvalue weighted by Crippen LogP contribution is -2.50. The maximum atomic E-state index is 13.1. The number of carbonyl (C=O) groups is 2. The van der Waals surface area contributed by atoms with Crippen LogP contribution in [0.3, 0.4) is 0 Å². The van der Waals surface area contributed by atoms with Gasteiger partial charge in [-0.15, -0.1) is 0 Å². The second-order valence-electron chi connectivity index (χ2n) is 8.68. The Labute approximate surface area is 193 Å². The third-order valence-electron chi connectivity index (χ3n) is 6.14. The van der Waals surface area contributed by atoms with E-state index in [2.05, 4.69) is 21.5 Å². The summed E-state index contributed by atoms with van der Waals surface area (Å²) in [5, 5.41) is 6.49. The summed E-state index contributed by atoms with van der Waals surface area (Å²) in [6.07, 6.45) is 2.61. The first-order valence-electron chi connectivity index (χ1n) is 11.1. The summed E-state index contributed by atoms with van der Waals surface area (Å²) in [7, 11) is 0. The summed E-state index contributed by atoms with van der Waals surface area (Å²) in [5.41, 5.74) is 9.36. The fraction of sp³-hybridized carbons (Fsp3) is 0.417. The van der Waals surface area contributed by atoms with Gasteiger partial charge < -0.3 is 15.5 Å². The number of likely N-dealkylation sites (tertiary alicyclic amines) is 1. The quantitative estimate of drug-likeness (QED) is 0.554. The molecule has 0 aromatic heterocycles. The zero-order valence-electron chi connectivity index (χ0n) is 18.2. The van der Waals surface area contributed by atoms with E-state index in [4.69, 9.17) is 11.6 Å². The van der Waals surface area contributed by atoms with Gasteiger partial charge in [-0.2, -0.15) is 0 Å². The highest BCUT2D eigenvalue weighted by Crippen LogP contribution is 2.26. The van der Waals surface area contributed by atoms with Gasteiger partial charge in [0.1, 0.15) is 6.04 Å². The molecule has 3 atom stereocenters. The Bertz CT molecular complexity index is 952. The largest absolute Gasteiger partial charge is 0.341 e. The second-order valence-corrected chi connectivity index (χ2v) is 9.11. The van der Waals surface area contributed by atoms with Crippen LogP contribution in [0.1, 0.15) is 36.4 Å². The molecule has 4 rings (SSSR count). The predicted octanol–water partition coefficient (Wildman–Crippen LogP) is 3.62. The molecule has 2 heterocycles. The number of carbonyl (C=O) groups excluding carboxylic acids is 2. The van der Waals surface area contributed by atoms with E-state index in [1.54, 1.807) is 0 Å². The molecular formula is C24H30ClN5O2. The molecule has 8 heteroatoms. The summed E-state index contributed by atoms with van der Waals surface area (Å²) < 4.78 is 0. The highest BCUT2D eigenvalue weighted by atomic mass is 35.5. The lowest BCUT2D eigenvalue weighted by molar-refractivity contribution is -0.135. The van der Waals surface area contributed by atoms with Crippen LogP contribution in [0.25, 0.3) is 0 Å². The minimum absolute atomic E-state index is 0.0513. The van der Waals surface area contributed by atoms with E-state index in [-0.39, 0.29) is 29.9 Å². The van der Waals surface area contributed by atoms with E-state index >= 15 is 0 Å². The first-order chi connectivity index (χ1) is 15.5. The fourth-order valence-electron chi connectivity index (χ4n) is 4.36. The number of hydrogen-bond donors (Lipinski definition) is 4. The number of hydrogen-bond acceptors (Lipinski definition) is 4. The van der Waals surface area contributed by atoms with Crippen molar-refractivity contribution in [3.8, 4) is 0 Å². The van der Waals surface area contributed by atoms with Crippen molar-refractivity contribution in [2.24, 2.45) is 5.92 Å². The summed E-state index contributed by atoms with van der Waals surface area (Å²) in [6.45, 7) is 3.96. The molecule has 2 aliphatic heterocycles. The zero-order chi connectivity index (χ0) is 22.5. The number of urea groups is 1. The Morgan fingerprint density at radius 3 is 2.75 bits per heavy atom. The van der Waals surface area contributed by atoms with Crippen LogP contribution in [0.5, 0.6) is 0 Å². The van der Waals surface area contributed by atoms with Crippen molar-refractivity contribution in [2.75, 3.05) is 25.0 Å². The summed E-state index contributed by atoms with van der Waals surface area (Å²) in [4.78, 5) is 27.2. The Hall–Kier alpha value is -2.61. The van der Waals surface area contributed by atoms with E-state index in [0.717, 1.165) is 36.2 Å². The van der Waals surface area contributed by atoms with Crippen LogP contribution in [0.2, 0.25) is 5.02 Å². The van der Waals surface area contributed by atoms with Crippen molar-refractivity contribution in [3.05, 3.63) is 64.7 Å². The Balaban J connectivity index is 1.25. The molecule has 2 aliphatic rings. The average Bonchev–Trinajstić information content (AvgIpc) is 3.29. The topological polar surface area (TPSA) is 85.5 Å². The number of piperidine rings is 1. The van der Waals surface area contributed by atoms with Gasteiger partial charge in [-0.3, -0.25) is 4.79 Å². The first kappa shape index (κ1) is 22.6. The Morgan fingerprint density at radius 1 is 1.16 bits per heavy atom. The van der Waals surface area contributed by atoms with Crippen LogP contribution in [-0.2, 0) is 4.79 Å². The fourth-order valence-corrected chi connectivity index (χ4v) is 4.56. The van der Waals surface area contributed by atoms with Crippen LogP contribution in [0, 0.1) is 12.8 Å². The number of rotatable bonds is 5. The highest BCUT2D eigenvalue weighted by Gasteiger charge is 2.34. The first-order valence-corrected chi connectivity index (χ1v) is 11.5. The average molecular weight is 456 g/mol. The number of benzene rings is 2. The minimum Gasteiger partial charge on any atom is -0.341 e. The molecule has 2 aromatic rings. The Morgan fingerprint density at radius 2 is 1.97 bits per heavy atom. The summed E-state index contributed by atoms with van der Waals surface area (Å²) >= 11 is 6.11. The third-order valence-corrected chi connectivity index (χ3v) is 6.38. The molecule has 7 nitrogen and oxygen atoms in total. The van der Waals surface area contributed by atoms with Gasteiger partial charge in [0.05, 0.1) is 0 Å². The van der Waals surface area contributed by atoms with Gasteiger partial charge in [-0.05, 0) is 61.9 Å². The lowest BCUT2D eigenvalue weighted by atomic mass is 9.96. The number of nitrogens with one attached hydrogen (secondary N) is 4. The number of anilines is 1. The molecule has 4 N–H and O–H groups in total. The summed E-state index contributed by atoms with van der Waals surface area (Å²) in [6, 6.07) is 15.0. The van der Waals surface area contributed by atoms with Crippen LogP contribution in [0.4, 0.5) is 10.5 Å². The van der Waals surface area contributed by atoms with E-state index in [0.29, 0.717) is 24.5 Å². The molecule has 2 fully saturated rings. The number of halogens is 1. The van der Waals surface area contributed by atoms with Gasteiger partial charge in [-0.25, -0.2) is 15.6 Å². The second kappa shape index (κ2) is 10.3. The molecule has 0 aliphatic carbocycles. The molecule has 0 saturated carbocycles. The van der Waals surface area contributed by atoms with Crippen molar-refractivity contribution >= 4 is 29.2 Å². The molecule has 0 spiro atoms. The van der Waals surface area contributed by atoms with Gasteiger partial charge in [0.25, 0.3) is 0 Å². The molecule has 32 heavy (non-hydrogen) atoms. The van der Waals surface area contributed by atoms with Gasteiger partial charge in [-0.1, -0.05) is 41.4 Å². The van der Waals surface area contributed by atoms with Crippen molar-refractivity contribution in [1.29, 1.82) is 0 Å². The molecule has 3 unspecified atom stereocenters. The normalized spacial score (nSPS) is 23.1. The highest BCUT2D eigenvalue weighted by molar-refractivity contribution is 6.30. The monoisotopic (exact) mass is 455 g/mol. The predicted molar refractivity (Wildman–Crippen MR) is 126 cm³/mol. The van der Waals surface area contributed by atoms with Crippen LogP contribution in [0.15, 0.2) is 48.5 Å². The number of amides is 3. The molecule has 3 amide bonds. The van der Waals surface area contributed by atoms with E-state index in [1.165, 1.54) is 0 Å². The smallest absolute Gasteiger partial charge is 0.319 e. The van der Waals surface area contributed by atoms with Crippen molar-refractivity contribution < 1.29 is 9.59 Å². The summed E-state index contributed by atoms with van der Waals surface area (Å²) in [5.74, 6) is 0.352. The lowest BCUT2D eigenvalue weighted by Gasteiger charge is -2.34. The third kappa shape index (κ3) is 5.79. The molecule has 170 valence electrons. The van der Waals surface area contributed by atoms with E-state index in [9.17, 15) is 9.59 Å². The Kier molecular flexibility index (Phi) is 7.29. The van der Waals surface area contributed by atoms with Crippen LogP contribution in [-0.4, -0.2) is 42.5 Å². The van der Waals surface area contributed by atoms with Gasteiger partial charge in [0.15, 0.2) is 0 Å². The van der Waals surface area contributed by atoms with Crippen molar-refractivity contribution in [1.82, 2.24) is 21.1 Å². The van der Waals surface area contributed by atoms with Crippen molar-refractivity contribution in [3.63, 3.8) is 0 Å². The molecular weight excluding hydrogens is 426 g/mol. The van der Waals surface area contributed by atoms with E-state index in [1.807, 2.05) is 60.4 Å².